The third-order valence-corrected chi connectivity index (χ3v) is 4.83. The highest BCUT2D eigenvalue weighted by molar-refractivity contribution is 8.00. The molecule has 152 valence electrons. The summed E-state index contributed by atoms with van der Waals surface area (Å²) in [5, 5.41) is -0.0306. The standard InChI is InChI=1S/C24H38O2S/c1-4-7-8-9-10-11-12-13-14-15-16-17-18-19-20-21-22-23(27-6-3)24(25)26-5-2/h7-8,10-11,13-14,16-17,19-20,23H,4-6,9,12,15,18,21-22H2,1-3H3. The van der Waals surface area contributed by atoms with Gasteiger partial charge in [-0.05, 0) is 57.6 Å². The Hall–Kier alpha value is -1.48. The number of ether oxygens (including phenoxy) is 1. The number of rotatable bonds is 16. The van der Waals surface area contributed by atoms with Gasteiger partial charge in [-0.1, -0.05) is 74.6 Å². The first-order valence-electron chi connectivity index (χ1n) is 10.3. The molecule has 0 aliphatic heterocycles. The maximum Gasteiger partial charge on any atom is 0.319 e. The molecule has 0 spiro atoms. The number of hydrogen-bond donors (Lipinski definition) is 0. The van der Waals surface area contributed by atoms with Crippen molar-refractivity contribution in [2.45, 2.75) is 71.0 Å². The van der Waals surface area contributed by atoms with Crippen LogP contribution in [0.3, 0.4) is 0 Å². The molecule has 0 aromatic heterocycles. The molecule has 0 amide bonds. The Kier molecular flexibility index (Phi) is 19.7. The third kappa shape index (κ3) is 17.7. The van der Waals surface area contributed by atoms with Crippen molar-refractivity contribution >= 4 is 17.7 Å². The van der Waals surface area contributed by atoms with Gasteiger partial charge < -0.3 is 4.74 Å². The second-order valence-corrected chi connectivity index (χ2v) is 7.46. The summed E-state index contributed by atoms with van der Waals surface area (Å²) in [4.78, 5) is 11.8. The normalized spacial score (nSPS) is 13.7. The minimum Gasteiger partial charge on any atom is -0.465 e. The molecule has 0 aliphatic carbocycles. The van der Waals surface area contributed by atoms with E-state index in [2.05, 4.69) is 74.6 Å². The van der Waals surface area contributed by atoms with Crippen LogP contribution in [0.2, 0.25) is 0 Å². The first-order chi connectivity index (χ1) is 13.3. The molecule has 27 heavy (non-hydrogen) atoms. The Morgan fingerprint density at radius 3 is 1.70 bits per heavy atom. The zero-order chi connectivity index (χ0) is 20.0. The largest absolute Gasteiger partial charge is 0.465 e. The molecule has 0 N–H and O–H groups in total. The molecule has 0 bridgehead atoms. The minimum absolute atomic E-state index is 0.0306. The van der Waals surface area contributed by atoms with Gasteiger partial charge in [0.05, 0.1) is 6.61 Å². The van der Waals surface area contributed by atoms with Crippen molar-refractivity contribution < 1.29 is 9.53 Å². The molecule has 0 aliphatic rings. The fourth-order valence-corrected chi connectivity index (χ4v) is 3.23. The summed E-state index contributed by atoms with van der Waals surface area (Å²) in [6.07, 6.45) is 28.8. The van der Waals surface area contributed by atoms with Gasteiger partial charge in [-0.15, -0.1) is 11.8 Å². The van der Waals surface area contributed by atoms with E-state index in [0.29, 0.717) is 6.61 Å². The molecule has 0 fully saturated rings. The monoisotopic (exact) mass is 390 g/mol. The van der Waals surface area contributed by atoms with E-state index in [1.54, 1.807) is 11.8 Å². The Balaban J connectivity index is 3.78. The lowest BCUT2D eigenvalue weighted by atomic mass is 10.2. The fourth-order valence-electron chi connectivity index (χ4n) is 2.32. The predicted molar refractivity (Wildman–Crippen MR) is 122 cm³/mol. The van der Waals surface area contributed by atoms with Gasteiger partial charge >= 0.3 is 5.97 Å². The van der Waals surface area contributed by atoms with E-state index in [1.807, 2.05) is 6.92 Å². The first-order valence-corrected chi connectivity index (χ1v) is 11.3. The molecule has 0 rings (SSSR count). The van der Waals surface area contributed by atoms with Gasteiger partial charge in [0.25, 0.3) is 0 Å². The number of allylic oxidation sites excluding steroid dienone is 10. The number of thioether (sulfide) groups is 1. The van der Waals surface area contributed by atoms with Gasteiger partial charge in [-0.2, -0.15) is 0 Å². The Bertz CT molecular complexity index is 487. The van der Waals surface area contributed by atoms with Crippen LogP contribution in [0.1, 0.15) is 65.7 Å². The molecule has 0 heterocycles. The van der Waals surface area contributed by atoms with Crippen LogP contribution in [0, 0.1) is 0 Å². The maximum atomic E-state index is 11.8. The Morgan fingerprint density at radius 1 is 0.778 bits per heavy atom. The maximum absolute atomic E-state index is 11.8. The summed E-state index contributed by atoms with van der Waals surface area (Å²) in [6.45, 7) is 6.55. The van der Waals surface area contributed by atoms with Crippen molar-refractivity contribution in [3.63, 3.8) is 0 Å². The Morgan fingerprint density at radius 2 is 1.26 bits per heavy atom. The van der Waals surface area contributed by atoms with Crippen molar-refractivity contribution in [3.8, 4) is 0 Å². The molecule has 0 saturated heterocycles. The van der Waals surface area contributed by atoms with Crippen LogP contribution in [0.15, 0.2) is 60.8 Å². The number of carbonyl (C=O) groups is 1. The van der Waals surface area contributed by atoms with Crippen molar-refractivity contribution in [1.82, 2.24) is 0 Å². The van der Waals surface area contributed by atoms with Gasteiger partial charge in [-0.3, -0.25) is 4.79 Å². The highest BCUT2D eigenvalue weighted by Gasteiger charge is 2.18. The summed E-state index contributed by atoms with van der Waals surface area (Å²) >= 11 is 1.67. The lowest BCUT2D eigenvalue weighted by Gasteiger charge is -2.12. The van der Waals surface area contributed by atoms with Gasteiger partial charge in [0.15, 0.2) is 0 Å². The van der Waals surface area contributed by atoms with E-state index in [1.165, 1.54) is 0 Å². The van der Waals surface area contributed by atoms with E-state index in [4.69, 9.17) is 4.74 Å². The molecule has 1 unspecified atom stereocenters. The van der Waals surface area contributed by atoms with E-state index in [9.17, 15) is 4.79 Å². The van der Waals surface area contributed by atoms with E-state index in [0.717, 1.165) is 50.7 Å². The Labute approximate surface area is 171 Å². The van der Waals surface area contributed by atoms with E-state index in [-0.39, 0.29) is 11.2 Å². The average Bonchev–Trinajstić information content (AvgIpc) is 2.67. The van der Waals surface area contributed by atoms with Crippen molar-refractivity contribution in [2.75, 3.05) is 12.4 Å². The molecule has 0 aromatic carbocycles. The highest BCUT2D eigenvalue weighted by atomic mass is 32.2. The second-order valence-electron chi connectivity index (χ2n) is 5.98. The van der Waals surface area contributed by atoms with Crippen LogP contribution in [0.25, 0.3) is 0 Å². The lowest BCUT2D eigenvalue weighted by molar-refractivity contribution is -0.142. The molecule has 0 aromatic rings. The van der Waals surface area contributed by atoms with Crippen molar-refractivity contribution in [2.24, 2.45) is 0 Å². The van der Waals surface area contributed by atoms with Crippen LogP contribution in [-0.4, -0.2) is 23.6 Å². The van der Waals surface area contributed by atoms with Crippen LogP contribution in [0.4, 0.5) is 0 Å². The molecule has 0 radical (unpaired) electrons. The molecule has 2 nitrogen and oxygen atoms in total. The number of hydrogen-bond acceptors (Lipinski definition) is 3. The van der Waals surface area contributed by atoms with E-state index < -0.39 is 0 Å². The molecule has 3 heteroatoms. The van der Waals surface area contributed by atoms with Gasteiger partial charge in [0.1, 0.15) is 5.25 Å². The summed E-state index contributed by atoms with van der Waals surface area (Å²) in [5.41, 5.74) is 0. The molecule has 0 saturated carbocycles. The highest BCUT2D eigenvalue weighted by Crippen LogP contribution is 2.18. The molecular weight excluding hydrogens is 352 g/mol. The lowest BCUT2D eigenvalue weighted by Crippen LogP contribution is -2.20. The van der Waals surface area contributed by atoms with Crippen molar-refractivity contribution in [3.05, 3.63) is 60.8 Å². The van der Waals surface area contributed by atoms with Crippen LogP contribution >= 0.6 is 11.8 Å². The number of esters is 1. The van der Waals surface area contributed by atoms with Gasteiger partial charge in [-0.25, -0.2) is 0 Å². The second kappa shape index (κ2) is 20.8. The molecular formula is C24H38O2S. The molecule has 1 atom stereocenters. The SMILES string of the molecule is CCC=CCC=CCC=CCC=CCC=CCCC(SCC)C(=O)OCC. The van der Waals surface area contributed by atoms with Crippen LogP contribution < -0.4 is 0 Å². The summed E-state index contributed by atoms with van der Waals surface area (Å²) in [5.74, 6) is 0.867. The van der Waals surface area contributed by atoms with Crippen molar-refractivity contribution in [1.29, 1.82) is 0 Å². The van der Waals surface area contributed by atoms with Crippen LogP contribution in [-0.2, 0) is 9.53 Å². The van der Waals surface area contributed by atoms with Gasteiger partial charge in [0.2, 0.25) is 0 Å². The number of carbonyl (C=O) groups excluding carboxylic acids is 1. The average molecular weight is 391 g/mol. The predicted octanol–water partition coefficient (Wildman–Crippen LogP) is 7.20. The third-order valence-electron chi connectivity index (χ3n) is 3.67. The smallest absolute Gasteiger partial charge is 0.319 e. The van der Waals surface area contributed by atoms with E-state index >= 15 is 0 Å². The zero-order valence-corrected chi connectivity index (χ0v) is 18.3. The zero-order valence-electron chi connectivity index (χ0n) is 17.4. The summed E-state index contributed by atoms with van der Waals surface area (Å²) < 4.78 is 5.13. The summed E-state index contributed by atoms with van der Waals surface area (Å²) in [7, 11) is 0. The minimum atomic E-state index is -0.0725. The fraction of sp³-hybridized carbons (Fsp3) is 0.542. The topological polar surface area (TPSA) is 26.3 Å². The van der Waals surface area contributed by atoms with Gasteiger partial charge in [0, 0.05) is 0 Å². The first kappa shape index (κ1) is 25.5. The quantitative estimate of drug-likeness (QED) is 0.206. The van der Waals surface area contributed by atoms with Crippen LogP contribution in [0.5, 0.6) is 0 Å². The summed E-state index contributed by atoms with van der Waals surface area (Å²) in [6, 6.07) is 0.